The normalized spacial score (nSPS) is 21.5. The van der Waals surface area contributed by atoms with Crippen LogP contribution in [0.3, 0.4) is 0 Å². The molecule has 1 atom stereocenters. The maximum Gasteiger partial charge on any atom is 0.147 e. The molecule has 4 heteroatoms. The Balaban J connectivity index is 1.62. The molecule has 1 fully saturated rings. The maximum atomic E-state index is 5.00. The summed E-state index contributed by atoms with van der Waals surface area (Å²) in [5.74, 6) is 1.01. The number of hydrogen-bond acceptors (Lipinski definition) is 4. The van der Waals surface area contributed by atoms with Gasteiger partial charge in [-0.05, 0) is 43.7 Å². The molecule has 2 aliphatic rings. The van der Waals surface area contributed by atoms with Gasteiger partial charge in [0.15, 0.2) is 0 Å². The molecule has 4 rings (SSSR count). The van der Waals surface area contributed by atoms with Crippen molar-refractivity contribution in [3.05, 3.63) is 58.7 Å². The molecule has 1 saturated heterocycles. The van der Waals surface area contributed by atoms with E-state index in [9.17, 15) is 0 Å². The Morgan fingerprint density at radius 1 is 1.12 bits per heavy atom. The number of benzene rings is 1. The molecule has 1 unspecified atom stereocenters. The van der Waals surface area contributed by atoms with Crippen molar-refractivity contribution in [2.45, 2.75) is 45.2 Å². The third-order valence-electron chi connectivity index (χ3n) is 5.29. The Labute approximate surface area is 144 Å². The number of aromatic nitrogens is 2. The molecule has 2 heterocycles. The third-order valence-corrected chi connectivity index (χ3v) is 5.29. The van der Waals surface area contributed by atoms with Crippen LogP contribution in [0.15, 0.2) is 30.3 Å². The summed E-state index contributed by atoms with van der Waals surface area (Å²) >= 11 is 0. The number of hydrogen-bond donors (Lipinski definition) is 1. The van der Waals surface area contributed by atoms with E-state index in [1.54, 1.807) is 0 Å². The first-order valence-corrected chi connectivity index (χ1v) is 9.16. The average molecular weight is 322 g/mol. The summed E-state index contributed by atoms with van der Waals surface area (Å²) in [6, 6.07) is 11.0. The van der Waals surface area contributed by atoms with Crippen LogP contribution < -0.4 is 5.32 Å². The lowest BCUT2D eigenvalue weighted by Crippen LogP contribution is -2.46. The van der Waals surface area contributed by atoms with Crippen molar-refractivity contribution < 1.29 is 0 Å². The number of rotatable bonds is 3. The van der Waals surface area contributed by atoms with E-state index in [1.165, 1.54) is 35.4 Å². The molecule has 0 spiro atoms. The van der Waals surface area contributed by atoms with E-state index >= 15 is 0 Å². The van der Waals surface area contributed by atoms with Gasteiger partial charge in [-0.15, -0.1) is 0 Å². The first-order valence-electron chi connectivity index (χ1n) is 9.16. The third kappa shape index (κ3) is 3.21. The fourth-order valence-electron chi connectivity index (χ4n) is 3.96. The van der Waals surface area contributed by atoms with E-state index in [4.69, 9.17) is 9.97 Å². The predicted octanol–water partition coefficient (Wildman–Crippen LogP) is 2.81. The van der Waals surface area contributed by atoms with Gasteiger partial charge >= 0.3 is 0 Å². The monoisotopic (exact) mass is 322 g/mol. The number of fused-ring (bicyclic) bond motifs is 1. The summed E-state index contributed by atoms with van der Waals surface area (Å²) in [5.41, 5.74) is 5.26. The van der Waals surface area contributed by atoms with E-state index in [-0.39, 0.29) is 6.04 Å². The lowest BCUT2D eigenvalue weighted by atomic mass is 9.94. The minimum atomic E-state index is 0.268. The topological polar surface area (TPSA) is 41.1 Å². The number of aryl methyl sites for hydroxylation is 2. The Hall–Kier alpha value is -1.78. The highest BCUT2D eigenvalue weighted by atomic mass is 15.2. The van der Waals surface area contributed by atoms with E-state index in [2.05, 4.69) is 47.5 Å². The molecule has 1 aromatic carbocycles. The minimum absolute atomic E-state index is 0.268. The van der Waals surface area contributed by atoms with Gasteiger partial charge in [0.25, 0.3) is 0 Å². The van der Waals surface area contributed by atoms with Crippen molar-refractivity contribution in [3.8, 4) is 0 Å². The average Bonchev–Trinajstić information content (AvgIpc) is 2.63. The molecule has 24 heavy (non-hydrogen) atoms. The molecular formula is C20H26N4. The lowest BCUT2D eigenvalue weighted by Gasteiger charge is -2.35. The van der Waals surface area contributed by atoms with Crippen molar-refractivity contribution >= 4 is 0 Å². The number of nitrogens with zero attached hydrogens (tertiary/aromatic N) is 3. The van der Waals surface area contributed by atoms with Crippen molar-refractivity contribution in [1.29, 1.82) is 0 Å². The molecule has 1 aliphatic heterocycles. The molecule has 0 radical (unpaired) electrons. The Bertz CT molecular complexity index is 698. The van der Waals surface area contributed by atoms with Crippen LogP contribution in [0.4, 0.5) is 0 Å². The summed E-state index contributed by atoms with van der Waals surface area (Å²) in [6.07, 6.45) is 4.81. The summed E-state index contributed by atoms with van der Waals surface area (Å²) in [4.78, 5) is 12.4. The van der Waals surface area contributed by atoms with E-state index in [0.29, 0.717) is 0 Å². The highest BCUT2D eigenvalue weighted by Gasteiger charge is 2.28. The number of piperazine rings is 1. The SMILES string of the molecule is Cc1nc(C2CNCCN2Cc2ccccc2)nc2c1CCCC2. The van der Waals surface area contributed by atoms with Crippen molar-refractivity contribution in [2.75, 3.05) is 19.6 Å². The van der Waals surface area contributed by atoms with Crippen LogP contribution in [-0.4, -0.2) is 34.5 Å². The van der Waals surface area contributed by atoms with Gasteiger partial charge in [-0.25, -0.2) is 9.97 Å². The van der Waals surface area contributed by atoms with Gasteiger partial charge in [0.05, 0.1) is 6.04 Å². The zero-order chi connectivity index (χ0) is 16.4. The van der Waals surface area contributed by atoms with Crippen molar-refractivity contribution in [3.63, 3.8) is 0 Å². The molecule has 126 valence electrons. The Morgan fingerprint density at radius 3 is 2.83 bits per heavy atom. The Morgan fingerprint density at radius 2 is 1.96 bits per heavy atom. The van der Waals surface area contributed by atoms with Crippen molar-refractivity contribution in [1.82, 2.24) is 20.2 Å². The van der Waals surface area contributed by atoms with Crippen LogP contribution in [0, 0.1) is 6.92 Å². The number of nitrogens with one attached hydrogen (secondary N) is 1. The smallest absolute Gasteiger partial charge is 0.147 e. The van der Waals surface area contributed by atoms with Crippen molar-refractivity contribution in [2.24, 2.45) is 0 Å². The first-order chi connectivity index (χ1) is 11.8. The standard InChI is InChI=1S/C20H26N4/c1-15-17-9-5-6-10-18(17)23-20(22-15)19-13-21-11-12-24(19)14-16-7-3-2-4-8-16/h2-4,7-8,19,21H,5-6,9-14H2,1H3. The quantitative estimate of drug-likeness (QED) is 0.943. The van der Waals surface area contributed by atoms with Crippen LogP contribution in [0.25, 0.3) is 0 Å². The molecule has 0 saturated carbocycles. The first kappa shape index (κ1) is 15.7. The molecular weight excluding hydrogens is 296 g/mol. The molecule has 4 nitrogen and oxygen atoms in total. The summed E-state index contributed by atoms with van der Waals surface area (Å²) < 4.78 is 0. The Kier molecular flexibility index (Phi) is 4.58. The molecule has 2 aromatic rings. The van der Waals surface area contributed by atoms with Gasteiger partial charge in [0.1, 0.15) is 5.82 Å². The van der Waals surface area contributed by atoms with Gasteiger partial charge in [-0.3, -0.25) is 4.90 Å². The zero-order valence-corrected chi connectivity index (χ0v) is 14.5. The van der Waals surface area contributed by atoms with Gasteiger partial charge in [-0.2, -0.15) is 0 Å². The summed E-state index contributed by atoms with van der Waals surface area (Å²) in [7, 11) is 0. The van der Waals surface area contributed by atoms with Crippen LogP contribution >= 0.6 is 0 Å². The fraction of sp³-hybridized carbons (Fsp3) is 0.500. The van der Waals surface area contributed by atoms with E-state index in [1.807, 2.05) is 0 Å². The van der Waals surface area contributed by atoms with Crippen LogP contribution in [0.5, 0.6) is 0 Å². The largest absolute Gasteiger partial charge is 0.313 e. The summed E-state index contributed by atoms with van der Waals surface area (Å²) in [5, 5.41) is 3.53. The molecule has 1 aliphatic carbocycles. The van der Waals surface area contributed by atoms with Gasteiger partial charge in [-0.1, -0.05) is 30.3 Å². The van der Waals surface area contributed by atoms with Crippen LogP contribution in [0.2, 0.25) is 0 Å². The van der Waals surface area contributed by atoms with Crippen LogP contribution in [-0.2, 0) is 19.4 Å². The predicted molar refractivity (Wildman–Crippen MR) is 95.9 cm³/mol. The maximum absolute atomic E-state index is 5.00. The van der Waals surface area contributed by atoms with Gasteiger partial charge in [0, 0.05) is 37.6 Å². The van der Waals surface area contributed by atoms with E-state index < -0.39 is 0 Å². The van der Waals surface area contributed by atoms with Crippen LogP contribution in [0.1, 0.15) is 47.2 Å². The fourth-order valence-corrected chi connectivity index (χ4v) is 3.96. The molecule has 0 amide bonds. The zero-order valence-electron chi connectivity index (χ0n) is 14.5. The molecule has 0 bridgehead atoms. The van der Waals surface area contributed by atoms with E-state index in [0.717, 1.165) is 44.8 Å². The molecule has 1 aromatic heterocycles. The van der Waals surface area contributed by atoms with Gasteiger partial charge < -0.3 is 5.32 Å². The second-order valence-electron chi connectivity index (χ2n) is 6.98. The second kappa shape index (κ2) is 6.99. The lowest BCUT2D eigenvalue weighted by molar-refractivity contribution is 0.146. The highest BCUT2D eigenvalue weighted by Crippen LogP contribution is 2.26. The summed E-state index contributed by atoms with van der Waals surface area (Å²) in [6.45, 7) is 6.14. The highest BCUT2D eigenvalue weighted by molar-refractivity contribution is 5.28. The second-order valence-corrected chi connectivity index (χ2v) is 6.98. The minimum Gasteiger partial charge on any atom is -0.313 e. The molecule has 1 N–H and O–H groups in total. The van der Waals surface area contributed by atoms with Gasteiger partial charge in [0.2, 0.25) is 0 Å².